The summed E-state index contributed by atoms with van der Waals surface area (Å²) in [5.41, 5.74) is 6.13. The molecule has 2 unspecified atom stereocenters. The highest BCUT2D eigenvalue weighted by Gasteiger charge is 2.44. The molecule has 0 bridgehead atoms. The molecular weight excluding hydrogens is 366 g/mol. The highest BCUT2D eigenvalue weighted by Crippen LogP contribution is 2.39. The molecule has 1 aliphatic heterocycles. The second kappa shape index (κ2) is 7.27. The molecule has 4 rings (SSSR count). The van der Waals surface area contributed by atoms with Crippen molar-refractivity contribution < 1.29 is 25.2 Å². The van der Waals surface area contributed by atoms with E-state index in [2.05, 4.69) is 26.8 Å². The van der Waals surface area contributed by atoms with Gasteiger partial charge in [0.2, 0.25) is 5.82 Å². The Kier molecular flexibility index (Phi) is 4.95. The van der Waals surface area contributed by atoms with Crippen LogP contribution in [-0.2, 0) is 4.74 Å². The largest absolute Gasteiger partial charge is 0.394 e. The Morgan fingerprint density at radius 1 is 1.29 bits per heavy atom. The Hall–Kier alpha value is -2.29. The van der Waals surface area contributed by atoms with E-state index in [1.165, 1.54) is 10.9 Å². The molecule has 1 aliphatic carbocycles. The van der Waals surface area contributed by atoms with Crippen molar-refractivity contribution in [2.75, 3.05) is 12.3 Å². The number of aromatic nitrogens is 4. The quantitative estimate of drug-likeness (QED) is 0.321. The van der Waals surface area contributed by atoms with Crippen molar-refractivity contribution >= 4 is 17.0 Å². The Labute approximate surface area is 161 Å². The van der Waals surface area contributed by atoms with Gasteiger partial charge in [-0.05, 0) is 31.6 Å². The molecule has 2 aromatic heterocycles. The number of aliphatic hydroxyl groups is 4. The van der Waals surface area contributed by atoms with Gasteiger partial charge in [-0.3, -0.25) is 4.57 Å². The molecule has 28 heavy (non-hydrogen) atoms. The summed E-state index contributed by atoms with van der Waals surface area (Å²) in [6.07, 6.45) is 0.901. The number of anilines is 1. The SMILES string of the molecule is Nc1nc(C#CCCCC2(O)CC2)nc2c1ncn2[C@@H]1O[C@H](CO)C(O)C1O. The molecule has 150 valence electrons. The third-order valence-electron chi connectivity index (χ3n) is 5.21. The van der Waals surface area contributed by atoms with Gasteiger partial charge in [0.25, 0.3) is 0 Å². The van der Waals surface area contributed by atoms with Crippen molar-refractivity contribution in [3.8, 4) is 11.8 Å². The first-order chi connectivity index (χ1) is 13.4. The third kappa shape index (κ3) is 3.55. The number of hydrogen-bond acceptors (Lipinski definition) is 9. The molecule has 1 saturated carbocycles. The van der Waals surface area contributed by atoms with Crippen LogP contribution >= 0.6 is 0 Å². The maximum absolute atomic E-state index is 10.2. The van der Waals surface area contributed by atoms with E-state index in [1.54, 1.807) is 0 Å². The number of hydrogen-bond donors (Lipinski definition) is 5. The minimum Gasteiger partial charge on any atom is -0.394 e. The Balaban J connectivity index is 1.55. The summed E-state index contributed by atoms with van der Waals surface area (Å²) in [5, 5.41) is 39.3. The number of rotatable bonds is 5. The molecule has 2 aliphatic rings. The standard InChI is InChI=1S/C18H23N5O5/c19-15-12-16(22-11(21-15)4-2-1-3-5-18(27)6-7-18)23(9-20-12)17-14(26)13(25)10(8-24)28-17/h9-10,13-14,17,24-27H,1,3,5-8H2,(H2,19,21,22)/t10-,13?,14?,17-/m1/s1. The minimum absolute atomic E-state index is 0.145. The van der Waals surface area contributed by atoms with E-state index in [-0.39, 0.29) is 11.6 Å². The lowest BCUT2D eigenvalue weighted by Crippen LogP contribution is -2.33. The number of fused-ring (bicyclic) bond motifs is 1. The zero-order chi connectivity index (χ0) is 19.9. The van der Waals surface area contributed by atoms with Gasteiger partial charge in [0, 0.05) is 6.42 Å². The van der Waals surface area contributed by atoms with Gasteiger partial charge in [0.15, 0.2) is 17.7 Å². The van der Waals surface area contributed by atoms with Gasteiger partial charge < -0.3 is 30.9 Å². The van der Waals surface area contributed by atoms with Crippen LogP contribution in [0.15, 0.2) is 6.33 Å². The second-order valence-corrected chi connectivity index (χ2v) is 7.37. The summed E-state index contributed by atoms with van der Waals surface area (Å²) in [6, 6.07) is 0. The van der Waals surface area contributed by atoms with Crippen molar-refractivity contribution in [2.45, 2.75) is 62.2 Å². The van der Waals surface area contributed by atoms with E-state index in [4.69, 9.17) is 10.5 Å². The van der Waals surface area contributed by atoms with Gasteiger partial charge in [0.05, 0.1) is 18.5 Å². The summed E-state index contributed by atoms with van der Waals surface area (Å²) in [5.74, 6) is 6.20. The van der Waals surface area contributed by atoms with Crippen LogP contribution in [-0.4, -0.2) is 70.5 Å². The topological polar surface area (TPSA) is 160 Å². The van der Waals surface area contributed by atoms with Crippen LogP contribution in [0.2, 0.25) is 0 Å². The van der Waals surface area contributed by atoms with Gasteiger partial charge >= 0.3 is 0 Å². The lowest BCUT2D eigenvalue weighted by molar-refractivity contribution is -0.0511. The van der Waals surface area contributed by atoms with Crippen molar-refractivity contribution in [1.29, 1.82) is 0 Å². The molecule has 10 nitrogen and oxygen atoms in total. The van der Waals surface area contributed by atoms with Crippen molar-refractivity contribution in [1.82, 2.24) is 19.5 Å². The summed E-state index contributed by atoms with van der Waals surface area (Å²) < 4.78 is 6.98. The summed E-state index contributed by atoms with van der Waals surface area (Å²) >= 11 is 0. The molecule has 6 N–H and O–H groups in total. The molecular formula is C18H23N5O5. The van der Waals surface area contributed by atoms with Crippen molar-refractivity contribution in [3.63, 3.8) is 0 Å². The smallest absolute Gasteiger partial charge is 0.208 e. The Bertz CT molecular complexity index is 932. The number of nitrogens with zero attached hydrogens (tertiary/aromatic N) is 4. The number of ether oxygens (including phenoxy) is 1. The van der Waals surface area contributed by atoms with Crippen LogP contribution in [0.1, 0.15) is 44.2 Å². The molecule has 10 heteroatoms. The average molecular weight is 389 g/mol. The third-order valence-corrected chi connectivity index (χ3v) is 5.21. The first-order valence-corrected chi connectivity index (χ1v) is 9.26. The van der Waals surface area contributed by atoms with E-state index in [0.29, 0.717) is 17.6 Å². The van der Waals surface area contributed by atoms with Gasteiger partial charge in [-0.1, -0.05) is 5.92 Å². The van der Waals surface area contributed by atoms with Crippen LogP contribution in [0.3, 0.4) is 0 Å². The lowest BCUT2D eigenvalue weighted by Gasteiger charge is -2.16. The van der Waals surface area contributed by atoms with Crippen LogP contribution in [0.4, 0.5) is 5.82 Å². The zero-order valence-corrected chi connectivity index (χ0v) is 15.2. The fraction of sp³-hybridized carbons (Fsp3) is 0.611. The maximum atomic E-state index is 10.2. The molecule has 0 amide bonds. The Morgan fingerprint density at radius 3 is 2.75 bits per heavy atom. The molecule has 4 atom stereocenters. The van der Waals surface area contributed by atoms with Gasteiger partial charge in [-0.2, -0.15) is 0 Å². The number of unbranched alkanes of at least 4 members (excludes halogenated alkanes) is 1. The molecule has 2 fully saturated rings. The van der Waals surface area contributed by atoms with Gasteiger partial charge in [0.1, 0.15) is 23.8 Å². The average Bonchev–Trinajstić information content (AvgIpc) is 3.14. The first-order valence-electron chi connectivity index (χ1n) is 9.26. The summed E-state index contributed by atoms with van der Waals surface area (Å²) in [7, 11) is 0. The van der Waals surface area contributed by atoms with E-state index >= 15 is 0 Å². The number of aliphatic hydroxyl groups excluding tert-OH is 3. The fourth-order valence-corrected chi connectivity index (χ4v) is 3.33. The molecule has 1 saturated heterocycles. The normalized spacial score (nSPS) is 28.3. The van der Waals surface area contributed by atoms with Crippen LogP contribution in [0, 0.1) is 11.8 Å². The summed E-state index contributed by atoms with van der Waals surface area (Å²) in [4.78, 5) is 12.7. The molecule has 2 aromatic rings. The van der Waals surface area contributed by atoms with Gasteiger partial charge in [-0.25, -0.2) is 15.0 Å². The molecule has 0 aromatic carbocycles. The number of nitrogen functional groups attached to an aromatic ring is 1. The van der Waals surface area contributed by atoms with Crippen molar-refractivity contribution in [3.05, 3.63) is 12.2 Å². The summed E-state index contributed by atoms with van der Waals surface area (Å²) in [6.45, 7) is -0.426. The molecule has 0 radical (unpaired) electrons. The van der Waals surface area contributed by atoms with E-state index in [0.717, 1.165) is 25.7 Å². The monoisotopic (exact) mass is 389 g/mol. The van der Waals surface area contributed by atoms with Gasteiger partial charge in [-0.15, -0.1) is 0 Å². The number of imidazole rings is 1. The van der Waals surface area contributed by atoms with Crippen molar-refractivity contribution in [2.24, 2.45) is 0 Å². The number of nitrogens with two attached hydrogens (primary N) is 1. The molecule has 3 heterocycles. The predicted molar refractivity (Wildman–Crippen MR) is 97.7 cm³/mol. The first kappa shape index (κ1) is 19.0. The van der Waals surface area contributed by atoms with E-state index < -0.39 is 36.7 Å². The lowest BCUT2D eigenvalue weighted by atomic mass is 10.1. The van der Waals surface area contributed by atoms with E-state index in [1.807, 2.05) is 0 Å². The fourth-order valence-electron chi connectivity index (χ4n) is 3.33. The van der Waals surface area contributed by atoms with Crippen LogP contribution in [0.5, 0.6) is 0 Å². The maximum Gasteiger partial charge on any atom is 0.208 e. The minimum atomic E-state index is -1.26. The highest BCUT2D eigenvalue weighted by molar-refractivity contribution is 5.82. The zero-order valence-electron chi connectivity index (χ0n) is 15.2. The highest BCUT2D eigenvalue weighted by atomic mass is 16.6. The second-order valence-electron chi connectivity index (χ2n) is 7.37. The Morgan fingerprint density at radius 2 is 2.07 bits per heavy atom. The van der Waals surface area contributed by atoms with E-state index in [9.17, 15) is 20.4 Å². The molecule has 0 spiro atoms. The van der Waals surface area contributed by atoms with Crippen LogP contribution < -0.4 is 5.73 Å². The van der Waals surface area contributed by atoms with Crippen LogP contribution in [0.25, 0.3) is 11.2 Å². The predicted octanol–water partition coefficient (Wildman–Crippen LogP) is -0.933.